The van der Waals surface area contributed by atoms with Crippen LogP contribution in [0.5, 0.6) is 0 Å². The van der Waals surface area contributed by atoms with Gasteiger partial charge in [0.1, 0.15) is 0 Å². The van der Waals surface area contributed by atoms with Gasteiger partial charge in [-0.15, -0.1) is 0 Å². The highest BCUT2D eigenvalue weighted by Crippen LogP contribution is 2.13. The molecule has 0 unspecified atom stereocenters. The molecule has 0 spiro atoms. The fraction of sp³-hybridized carbons (Fsp3) is 0.417. The van der Waals surface area contributed by atoms with Gasteiger partial charge < -0.3 is 10.4 Å². The van der Waals surface area contributed by atoms with Crippen LogP contribution in [-0.2, 0) is 4.79 Å². The largest absolute Gasteiger partial charge is 0.481 e. The van der Waals surface area contributed by atoms with Gasteiger partial charge in [0, 0.05) is 29.8 Å². The molecule has 5 nitrogen and oxygen atoms in total. The first-order chi connectivity index (χ1) is 8.61. The molecule has 0 radical (unpaired) electrons. The van der Waals surface area contributed by atoms with Crippen molar-refractivity contribution in [2.24, 2.45) is 0 Å². The average Bonchev–Trinajstić information content (AvgIpc) is 2.33. The molecule has 98 valence electrons. The third-order valence-electron chi connectivity index (χ3n) is 2.37. The summed E-state index contributed by atoms with van der Waals surface area (Å²) in [5, 5.41) is 11.2. The summed E-state index contributed by atoms with van der Waals surface area (Å²) in [7, 11) is 0. The van der Waals surface area contributed by atoms with E-state index in [0.717, 1.165) is 12.8 Å². The molecule has 1 heterocycles. The van der Waals surface area contributed by atoms with Gasteiger partial charge in [0.15, 0.2) is 0 Å². The Morgan fingerprint density at radius 1 is 1.33 bits per heavy atom. The van der Waals surface area contributed by atoms with Crippen molar-refractivity contribution in [3.8, 4) is 0 Å². The maximum atomic E-state index is 11.7. The number of amides is 1. The first-order valence-electron chi connectivity index (χ1n) is 5.71. The molecule has 1 amide bonds. The second-order valence-electron chi connectivity index (χ2n) is 3.82. The second-order valence-corrected chi connectivity index (χ2v) is 4.67. The smallest absolute Gasteiger partial charge is 0.303 e. The number of unbranched alkanes of at least 4 members (excludes halogenated alkanes) is 2. The predicted molar refractivity (Wildman–Crippen MR) is 70.4 cm³/mol. The standard InChI is InChI=1S/C12H15BrN2O3/c13-10-8-14-7-5-9(10)12(18)15-6-3-1-2-4-11(16)17/h5,7-8H,1-4,6H2,(H,15,18)(H,16,17). The molecular weight excluding hydrogens is 300 g/mol. The van der Waals surface area contributed by atoms with Crippen molar-refractivity contribution in [1.29, 1.82) is 0 Å². The Hall–Kier alpha value is -1.43. The van der Waals surface area contributed by atoms with Crippen molar-refractivity contribution in [3.63, 3.8) is 0 Å². The molecule has 0 aliphatic carbocycles. The van der Waals surface area contributed by atoms with Crippen LogP contribution in [0.25, 0.3) is 0 Å². The lowest BCUT2D eigenvalue weighted by Crippen LogP contribution is -2.24. The van der Waals surface area contributed by atoms with E-state index in [1.807, 2.05) is 0 Å². The summed E-state index contributed by atoms with van der Waals surface area (Å²) in [5.74, 6) is -0.928. The van der Waals surface area contributed by atoms with Crippen molar-refractivity contribution in [2.45, 2.75) is 25.7 Å². The molecule has 0 saturated heterocycles. The van der Waals surface area contributed by atoms with Crippen LogP contribution in [0.4, 0.5) is 0 Å². The van der Waals surface area contributed by atoms with Crippen molar-refractivity contribution in [1.82, 2.24) is 10.3 Å². The number of pyridine rings is 1. The van der Waals surface area contributed by atoms with Crippen LogP contribution in [-0.4, -0.2) is 28.5 Å². The van der Waals surface area contributed by atoms with Crippen LogP contribution >= 0.6 is 15.9 Å². The lowest BCUT2D eigenvalue weighted by atomic mass is 10.2. The molecule has 1 aromatic heterocycles. The number of carbonyl (C=O) groups excluding carboxylic acids is 1. The highest BCUT2D eigenvalue weighted by molar-refractivity contribution is 9.10. The Kier molecular flexibility index (Phi) is 6.35. The van der Waals surface area contributed by atoms with E-state index in [2.05, 4.69) is 26.2 Å². The Bertz CT molecular complexity index is 424. The number of hydrogen-bond acceptors (Lipinski definition) is 3. The summed E-state index contributed by atoms with van der Waals surface area (Å²) in [6.45, 7) is 0.549. The van der Waals surface area contributed by atoms with E-state index in [1.165, 1.54) is 0 Å². The number of aromatic nitrogens is 1. The zero-order valence-electron chi connectivity index (χ0n) is 9.86. The Morgan fingerprint density at radius 2 is 2.11 bits per heavy atom. The third-order valence-corrected chi connectivity index (χ3v) is 3.00. The summed E-state index contributed by atoms with van der Waals surface area (Å²) in [6.07, 6.45) is 5.54. The number of nitrogens with one attached hydrogen (secondary N) is 1. The molecule has 0 fully saturated rings. The van der Waals surface area contributed by atoms with Crippen LogP contribution in [0.2, 0.25) is 0 Å². The minimum Gasteiger partial charge on any atom is -0.481 e. The normalized spacial score (nSPS) is 10.1. The molecule has 0 saturated carbocycles. The molecule has 0 bridgehead atoms. The molecular formula is C12H15BrN2O3. The van der Waals surface area contributed by atoms with Gasteiger partial charge >= 0.3 is 5.97 Å². The summed E-state index contributed by atoms with van der Waals surface area (Å²) in [4.78, 5) is 25.9. The predicted octanol–water partition coefficient (Wildman–Crippen LogP) is 2.22. The maximum Gasteiger partial charge on any atom is 0.303 e. The first-order valence-corrected chi connectivity index (χ1v) is 6.50. The van der Waals surface area contributed by atoms with Crippen molar-refractivity contribution >= 4 is 27.8 Å². The van der Waals surface area contributed by atoms with Crippen LogP contribution in [0.15, 0.2) is 22.9 Å². The van der Waals surface area contributed by atoms with E-state index >= 15 is 0 Å². The third kappa shape index (κ3) is 5.27. The average molecular weight is 315 g/mol. The Labute approximate surface area is 114 Å². The summed E-state index contributed by atoms with van der Waals surface area (Å²) in [5.41, 5.74) is 0.551. The van der Waals surface area contributed by atoms with Crippen molar-refractivity contribution < 1.29 is 14.7 Å². The minimum atomic E-state index is -0.778. The van der Waals surface area contributed by atoms with Gasteiger partial charge in [0.25, 0.3) is 5.91 Å². The molecule has 18 heavy (non-hydrogen) atoms. The van der Waals surface area contributed by atoms with E-state index in [0.29, 0.717) is 23.0 Å². The second kappa shape index (κ2) is 7.81. The molecule has 0 atom stereocenters. The molecule has 1 rings (SSSR count). The number of halogens is 1. The fourth-order valence-electron chi connectivity index (χ4n) is 1.43. The lowest BCUT2D eigenvalue weighted by molar-refractivity contribution is -0.137. The van der Waals surface area contributed by atoms with Gasteiger partial charge in [-0.2, -0.15) is 0 Å². The van der Waals surface area contributed by atoms with Crippen LogP contribution < -0.4 is 5.32 Å². The minimum absolute atomic E-state index is 0.150. The summed E-state index contributed by atoms with van der Waals surface area (Å²) < 4.78 is 0.661. The van der Waals surface area contributed by atoms with E-state index in [4.69, 9.17) is 5.11 Å². The fourth-order valence-corrected chi connectivity index (χ4v) is 1.86. The number of rotatable bonds is 7. The number of carboxylic acids is 1. The molecule has 1 aromatic rings. The molecule has 2 N–H and O–H groups in total. The topological polar surface area (TPSA) is 79.3 Å². The summed E-state index contributed by atoms with van der Waals surface area (Å²) >= 11 is 3.26. The van der Waals surface area contributed by atoms with E-state index in [9.17, 15) is 9.59 Å². The number of nitrogens with zero attached hydrogens (tertiary/aromatic N) is 1. The quantitative estimate of drug-likeness (QED) is 0.756. The van der Waals surface area contributed by atoms with Crippen LogP contribution in [0.3, 0.4) is 0 Å². The SMILES string of the molecule is O=C(O)CCCCCNC(=O)c1ccncc1Br. The van der Waals surface area contributed by atoms with Crippen LogP contribution in [0.1, 0.15) is 36.0 Å². The van der Waals surface area contributed by atoms with Gasteiger partial charge in [-0.05, 0) is 34.8 Å². The van der Waals surface area contributed by atoms with Gasteiger partial charge in [-0.1, -0.05) is 6.42 Å². The highest BCUT2D eigenvalue weighted by atomic mass is 79.9. The first kappa shape index (κ1) is 14.6. The molecule has 6 heteroatoms. The van der Waals surface area contributed by atoms with Gasteiger partial charge in [-0.25, -0.2) is 0 Å². The maximum absolute atomic E-state index is 11.7. The van der Waals surface area contributed by atoms with E-state index < -0.39 is 5.97 Å². The zero-order valence-corrected chi connectivity index (χ0v) is 11.4. The zero-order chi connectivity index (χ0) is 13.4. The van der Waals surface area contributed by atoms with Gasteiger partial charge in [0.05, 0.1) is 5.56 Å². The number of aliphatic carboxylic acids is 1. The molecule has 0 aliphatic rings. The number of carbonyl (C=O) groups is 2. The monoisotopic (exact) mass is 314 g/mol. The van der Waals surface area contributed by atoms with Gasteiger partial charge in [-0.3, -0.25) is 14.6 Å². The van der Waals surface area contributed by atoms with E-state index in [1.54, 1.807) is 18.5 Å². The Balaban J connectivity index is 2.22. The van der Waals surface area contributed by atoms with Crippen LogP contribution in [0, 0.1) is 0 Å². The lowest BCUT2D eigenvalue weighted by Gasteiger charge is -2.06. The van der Waals surface area contributed by atoms with E-state index in [-0.39, 0.29) is 12.3 Å². The number of hydrogen-bond donors (Lipinski definition) is 2. The number of carboxylic acid groups (broad SMARTS) is 1. The molecule has 0 aromatic carbocycles. The van der Waals surface area contributed by atoms with Crippen molar-refractivity contribution in [2.75, 3.05) is 6.54 Å². The summed E-state index contributed by atoms with van der Waals surface area (Å²) in [6, 6.07) is 1.64. The molecule has 0 aliphatic heterocycles. The van der Waals surface area contributed by atoms with Gasteiger partial charge in [0.2, 0.25) is 0 Å². The Morgan fingerprint density at radius 3 is 2.78 bits per heavy atom. The van der Waals surface area contributed by atoms with Crippen molar-refractivity contribution in [3.05, 3.63) is 28.5 Å². The highest BCUT2D eigenvalue weighted by Gasteiger charge is 2.08.